The quantitative estimate of drug-likeness (QED) is 0.744. The number of fused-ring (bicyclic) bond motifs is 1. The Morgan fingerprint density at radius 1 is 1.00 bits per heavy atom. The lowest BCUT2D eigenvalue weighted by Gasteiger charge is -2.05. The van der Waals surface area contributed by atoms with E-state index in [1.807, 2.05) is 28.9 Å². The molecule has 2 fully saturated rings. The van der Waals surface area contributed by atoms with Gasteiger partial charge in [-0.25, -0.2) is 9.97 Å². The van der Waals surface area contributed by atoms with E-state index in [1.165, 1.54) is 12.8 Å². The minimum absolute atomic E-state index is 0.308. The maximum atomic E-state index is 5.48. The summed E-state index contributed by atoms with van der Waals surface area (Å²) in [5, 5.41) is 4.75. The Kier molecular flexibility index (Phi) is 2.91. The molecule has 0 N–H and O–H groups in total. The van der Waals surface area contributed by atoms with E-state index >= 15 is 0 Å². The second-order valence-electron chi connectivity index (χ2n) is 6.29. The molecule has 0 amide bonds. The smallest absolute Gasteiger partial charge is 0.174 e. The summed E-state index contributed by atoms with van der Waals surface area (Å²) >= 11 is 0. The van der Waals surface area contributed by atoms with Crippen molar-refractivity contribution >= 4 is 11.0 Å². The van der Waals surface area contributed by atoms with Gasteiger partial charge in [-0.3, -0.25) is 4.98 Å². The van der Waals surface area contributed by atoms with Crippen LogP contribution in [0.2, 0.25) is 0 Å². The van der Waals surface area contributed by atoms with Crippen LogP contribution >= 0.6 is 0 Å². The van der Waals surface area contributed by atoms with Crippen molar-refractivity contribution in [3.8, 4) is 5.82 Å². The predicted octanol–water partition coefficient (Wildman–Crippen LogP) is 2.59. The molecule has 3 heterocycles. The molecule has 2 aromatic heterocycles. The number of nitrogens with zero attached hydrogens (tertiary/aromatic N) is 5. The highest BCUT2D eigenvalue weighted by atomic mass is 16.5. The van der Waals surface area contributed by atoms with Gasteiger partial charge in [-0.15, -0.1) is 5.10 Å². The van der Waals surface area contributed by atoms with Gasteiger partial charge in [-0.1, -0.05) is 12.1 Å². The maximum absolute atomic E-state index is 5.48. The number of rotatable bonds is 3. The molecule has 6 nitrogen and oxygen atoms in total. The summed E-state index contributed by atoms with van der Waals surface area (Å²) in [7, 11) is 0. The summed E-state index contributed by atoms with van der Waals surface area (Å²) in [5.41, 5.74) is 1.78. The van der Waals surface area contributed by atoms with Gasteiger partial charge in [0.1, 0.15) is 5.82 Å². The van der Waals surface area contributed by atoms with Gasteiger partial charge in [0.15, 0.2) is 11.6 Å². The fraction of sp³-hybridized carbons (Fsp3) is 0.412. The third-order valence-corrected chi connectivity index (χ3v) is 4.54. The Hall–Kier alpha value is -2.34. The molecular formula is C17H17N5O. The fourth-order valence-corrected chi connectivity index (χ4v) is 3.08. The molecule has 1 aromatic carbocycles. The number of hydrogen-bond acceptors (Lipinski definition) is 5. The van der Waals surface area contributed by atoms with Gasteiger partial charge in [0.05, 0.1) is 23.8 Å². The Balaban J connectivity index is 1.62. The van der Waals surface area contributed by atoms with Crippen LogP contribution in [0.1, 0.15) is 42.7 Å². The number of benzene rings is 1. The molecule has 1 aliphatic carbocycles. The van der Waals surface area contributed by atoms with Gasteiger partial charge in [-0.05, 0) is 31.4 Å². The number of ether oxygens (including phenoxy) is 1. The van der Waals surface area contributed by atoms with E-state index in [9.17, 15) is 0 Å². The Labute approximate surface area is 133 Å². The van der Waals surface area contributed by atoms with Crippen molar-refractivity contribution in [2.24, 2.45) is 0 Å². The monoisotopic (exact) mass is 307 g/mol. The maximum Gasteiger partial charge on any atom is 0.174 e. The zero-order valence-corrected chi connectivity index (χ0v) is 12.7. The van der Waals surface area contributed by atoms with Crippen molar-refractivity contribution in [2.75, 3.05) is 13.2 Å². The summed E-state index contributed by atoms with van der Waals surface area (Å²) in [6, 6.07) is 7.90. The van der Waals surface area contributed by atoms with Gasteiger partial charge < -0.3 is 4.74 Å². The second-order valence-corrected chi connectivity index (χ2v) is 6.29. The van der Waals surface area contributed by atoms with Crippen LogP contribution in [0.25, 0.3) is 16.9 Å². The summed E-state index contributed by atoms with van der Waals surface area (Å²) < 4.78 is 7.38. The number of para-hydroxylation sites is 2. The highest BCUT2D eigenvalue weighted by molar-refractivity contribution is 5.74. The summed E-state index contributed by atoms with van der Waals surface area (Å²) in [6.07, 6.45) is 5.15. The Bertz CT molecular complexity index is 864. The molecule has 1 saturated heterocycles. The predicted molar refractivity (Wildman–Crippen MR) is 84.6 cm³/mol. The first-order valence-corrected chi connectivity index (χ1v) is 8.15. The van der Waals surface area contributed by atoms with Gasteiger partial charge in [-0.2, -0.15) is 4.68 Å². The minimum atomic E-state index is 0.308. The van der Waals surface area contributed by atoms with Crippen LogP contribution < -0.4 is 0 Å². The van der Waals surface area contributed by atoms with Gasteiger partial charge in [0.2, 0.25) is 0 Å². The molecule has 116 valence electrons. The lowest BCUT2D eigenvalue weighted by atomic mass is 10.1. The van der Waals surface area contributed by atoms with E-state index < -0.39 is 0 Å². The molecule has 0 unspecified atom stereocenters. The average Bonchev–Trinajstić information content (AvgIpc) is 3.12. The van der Waals surface area contributed by atoms with Crippen molar-refractivity contribution < 1.29 is 4.74 Å². The standard InChI is InChI=1S/C17H17N5O/c1-2-4-14-13(3-1)18-9-15(19-14)22-17(11-5-6-11)20-16(21-22)12-7-8-23-10-12/h1-4,9,11-12H,5-8,10H2/t12-/m1/s1. The number of hydrogen-bond donors (Lipinski definition) is 0. The molecule has 23 heavy (non-hydrogen) atoms. The van der Waals surface area contributed by atoms with Crippen LogP contribution in [0, 0.1) is 0 Å². The Morgan fingerprint density at radius 2 is 1.87 bits per heavy atom. The van der Waals surface area contributed by atoms with Crippen LogP contribution in [-0.2, 0) is 4.74 Å². The fourth-order valence-electron chi connectivity index (χ4n) is 3.08. The first-order valence-electron chi connectivity index (χ1n) is 8.15. The van der Waals surface area contributed by atoms with Gasteiger partial charge in [0, 0.05) is 18.4 Å². The highest BCUT2D eigenvalue weighted by Gasteiger charge is 2.33. The molecule has 1 aliphatic heterocycles. The first kappa shape index (κ1) is 13.1. The lowest BCUT2D eigenvalue weighted by Crippen LogP contribution is -2.06. The van der Waals surface area contributed by atoms with Crippen molar-refractivity contribution in [1.29, 1.82) is 0 Å². The first-order chi connectivity index (χ1) is 11.4. The summed E-state index contributed by atoms with van der Waals surface area (Å²) in [6.45, 7) is 1.52. The molecule has 0 spiro atoms. The zero-order chi connectivity index (χ0) is 15.2. The minimum Gasteiger partial charge on any atom is -0.381 e. The molecule has 6 heteroatoms. The average molecular weight is 307 g/mol. The van der Waals surface area contributed by atoms with Crippen molar-refractivity contribution in [1.82, 2.24) is 24.7 Å². The number of aromatic nitrogens is 5. The van der Waals surface area contributed by atoms with Crippen molar-refractivity contribution in [3.05, 3.63) is 42.1 Å². The van der Waals surface area contributed by atoms with Crippen molar-refractivity contribution in [3.63, 3.8) is 0 Å². The second kappa shape index (κ2) is 5.09. The van der Waals surface area contributed by atoms with Gasteiger partial charge >= 0.3 is 0 Å². The van der Waals surface area contributed by atoms with Crippen molar-refractivity contribution in [2.45, 2.75) is 31.1 Å². The van der Waals surface area contributed by atoms with Crippen LogP contribution in [-0.4, -0.2) is 37.9 Å². The van der Waals surface area contributed by atoms with E-state index in [0.717, 1.165) is 48.1 Å². The van der Waals surface area contributed by atoms with E-state index in [1.54, 1.807) is 6.20 Å². The molecule has 5 rings (SSSR count). The lowest BCUT2D eigenvalue weighted by molar-refractivity contribution is 0.193. The normalized spacial score (nSPS) is 21.1. The third-order valence-electron chi connectivity index (χ3n) is 4.54. The van der Waals surface area contributed by atoms with E-state index in [4.69, 9.17) is 19.8 Å². The SMILES string of the molecule is c1ccc2nc(-n3nc([C@@H]4CCOC4)nc3C3CC3)cnc2c1. The summed E-state index contributed by atoms with van der Waals surface area (Å²) in [5.74, 6) is 3.48. The summed E-state index contributed by atoms with van der Waals surface area (Å²) in [4.78, 5) is 14.0. The highest BCUT2D eigenvalue weighted by Crippen LogP contribution is 2.40. The molecule has 1 atom stereocenters. The molecule has 2 aliphatic rings. The largest absolute Gasteiger partial charge is 0.381 e. The van der Waals surface area contributed by atoms with Gasteiger partial charge in [0.25, 0.3) is 0 Å². The zero-order valence-electron chi connectivity index (χ0n) is 12.7. The molecule has 0 radical (unpaired) electrons. The topological polar surface area (TPSA) is 65.7 Å². The molecule has 1 saturated carbocycles. The molecule has 3 aromatic rings. The van der Waals surface area contributed by atoms with E-state index in [-0.39, 0.29) is 0 Å². The van der Waals surface area contributed by atoms with E-state index in [2.05, 4.69) is 4.98 Å². The van der Waals surface area contributed by atoms with Crippen LogP contribution in [0.3, 0.4) is 0 Å². The Morgan fingerprint density at radius 3 is 2.65 bits per heavy atom. The van der Waals surface area contributed by atoms with Crippen LogP contribution in [0.15, 0.2) is 30.5 Å². The molecule has 0 bridgehead atoms. The molecular weight excluding hydrogens is 290 g/mol. The van der Waals surface area contributed by atoms with E-state index in [0.29, 0.717) is 11.8 Å². The third kappa shape index (κ3) is 2.30. The van der Waals surface area contributed by atoms with Crippen LogP contribution in [0.5, 0.6) is 0 Å². The van der Waals surface area contributed by atoms with Crippen LogP contribution in [0.4, 0.5) is 0 Å².